The minimum absolute atomic E-state index is 0.221. The molecule has 5 heteroatoms. The molecule has 4 atom stereocenters. The number of rotatable bonds is 8. The summed E-state index contributed by atoms with van der Waals surface area (Å²) in [5.41, 5.74) is 10.3. The van der Waals surface area contributed by atoms with E-state index in [0.29, 0.717) is 0 Å². The van der Waals surface area contributed by atoms with Gasteiger partial charge in [-0.05, 0) is 72.8 Å². The maximum absolute atomic E-state index is 7.79. The van der Waals surface area contributed by atoms with Crippen LogP contribution in [0.4, 0.5) is 0 Å². The molecule has 0 N–H and O–H groups in total. The molecule has 0 spiro atoms. The number of allylic oxidation sites excluding steroid dienone is 4. The summed E-state index contributed by atoms with van der Waals surface area (Å²) in [5.74, 6) is 8.50. The fourth-order valence-electron chi connectivity index (χ4n) is 5.79. The van der Waals surface area contributed by atoms with Gasteiger partial charge in [0.15, 0.2) is 16.6 Å². The van der Waals surface area contributed by atoms with Crippen LogP contribution in [0, 0.1) is 34.8 Å². The molecule has 0 aromatic heterocycles. The van der Waals surface area contributed by atoms with Gasteiger partial charge in [-0.25, -0.2) is 0 Å². The van der Waals surface area contributed by atoms with Gasteiger partial charge >= 0.3 is 0 Å². The van der Waals surface area contributed by atoms with E-state index in [1.807, 2.05) is 0 Å². The van der Waals surface area contributed by atoms with Crippen molar-refractivity contribution in [1.82, 2.24) is 0 Å². The molecule has 2 aliphatic rings. The molecular weight excluding hydrogens is 537 g/mol. The van der Waals surface area contributed by atoms with Crippen molar-refractivity contribution >= 4 is 32.8 Å². The minimum Gasteiger partial charge on any atom is -0.454 e. The SMILES string of the molecule is CC(C)(C)[Si](C)(CC1CC=C(CC#C[Si](C)(C)C)C1)O[Si](C)(CC1CC=C(CC#C[Si](C)(C)C)C1)C(C)(C)C. The Morgan fingerprint density at radius 1 is 0.641 bits per heavy atom. The van der Waals surface area contributed by atoms with Crippen LogP contribution in [0.1, 0.15) is 80.1 Å². The third-order valence-corrected chi connectivity index (χ3v) is 23.6. The lowest BCUT2D eigenvalue weighted by molar-refractivity contribution is 0.404. The maximum atomic E-state index is 7.79. The largest absolute Gasteiger partial charge is 0.454 e. The highest BCUT2D eigenvalue weighted by Crippen LogP contribution is 2.52. The fourth-order valence-corrected chi connectivity index (χ4v) is 18.2. The highest BCUT2D eigenvalue weighted by molar-refractivity contribution is 6.88. The quantitative estimate of drug-likeness (QED) is 0.153. The van der Waals surface area contributed by atoms with Crippen molar-refractivity contribution in [2.75, 3.05) is 0 Å². The Labute approximate surface area is 248 Å². The van der Waals surface area contributed by atoms with Crippen molar-refractivity contribution in [2.45, 2.75) is 155 Å². The molecule has 0 radical (unpaired) electrons. The number of hydrogen-bond acceptors (Lipinski definition) is 1. The molecule has 39 heavy (non-hydrogen) atoms. The molecule has 220 valence electrons. The van der Waals surface area contributed by atoms with Crippen LogP contribution in [-0.4, -0.2) is 32.8 Å². The predicted octanol–water partition coefficient (Wildman–Crippen LogP) is 11.0. The molecule has 0 heterocycles. The van der Waals surface area contributed by atoms with Crippen molar-refractivity contribution in [3.05, 3.63) is 23.3 Å². The highest BCUT2D eigenvalue weighted by atomic mass is 28.4. The van der Waals surface area contributed by atoms with Gasteiger partial charge in [-0.1, -0.05) is 104 Å². The Morgan fingerprint density at radius 3 is 1.26 bits per heavy atom. The molecule has 0 aliphatic heterocycles. The molecule has 0 bridgehead atoms. The van der Waals surface area contributed by atoms with Gasteiger partial charge in [-0.2, -0.15) is 0 Å². The molecular formula is C34H62OSi4. The van der Waals surface area contributed by atoms with E-state index >= 15 is 0 Å². The monoisotopic (exact) mass is 598 g/mol. The summed E-state index contributed by atoms with van der Waals surface area (Å²) in [6.45, 7) is 34.0. The zero-order valence-electron chi connectivity index (χ0n) is 28.4. The topological polar surface area (TPSA) is 9.23 Å². The predicted molar refractivity (Wildman–Crippen MR) is 186 cm³/mol. The molecule has 2 aliphatic carbocycles. The van der Waals surface area contributed by atoms with E-state index in [4.69, 9.17) is 4.12 Å². The van der Waals surface area contributed by atoms with Crippen LogP contribution in [-0.2, 0) is 4.12 Å². The Morgan fingerprint density at radius 2 is 0.974 bits per heavy atom. The van der Waals surface area contributed by atoms with Gasteiger partial charge in [0.1, 0.15) is 16.1 Å². The van der Waals surface area contributed by atoms with Crippen molar-refractivity contribution in [3.8, 4) is 22.9 Å². The van der Waals surface area contributed by atoms with Crippen LogP contribution in [0.25, 0.3) is 0 Å². The summed E-state index contributed by atoms with van der Waals surface area (Å²) < 4.78 is 7.79. The van der Waals surface area contributed by atoms with E-state index in [0.717, 1.165) is 24.7 Å². The minimum atomic E-state index is -2.02. The molecule has 4 unspecified atom stereocenters. The second kappa shape index (κ2) is 12.7. The molecule has 0 saturated heterocycles. The van der Waals surface area contributed by atoms with E-state index in [1.165, 1.54) is 37.8 Å². The Balaban J connectivity index is 2.13. The molecule has 0 amide bonds. The maximum Gasteiger partial charge on any atom is 0.182 e. The summed E-state index contributed by atoms with van der Waals surface area (Å²) >= 11 is 0. The Bertz CT molecular complexity index is 952. The second-order valence-corrected chi connectivity index (χ2v) is 36.3. The van der Waals surface area contributed by atoms with Gasteiger partial charge in [0.25, 0.3) is 0 Å². The van der Waals surface area contributed by atoms with Gasteiger partial charge in [0, 0.05) is 12.8 Å². The Kier molecular flexibility index (Phi) is 11.3. The van der Waals surface area contributed by atoms with E-state index in [9.17, 15) is 0 Å². The standard InChI is InChI=1S/C34H62OSi4/c1-33(2,3)38(13,27-31-21-19-29(25-31)17-15-23-36(7,8)9)35-39(14,34(4,5)6)28-32-22-20-30(26-32)18-16-24-37(10,11)12/h19-20,31-32H,17-18,21-22,25-28H2,1-14H3. The van der Waals surface area contributed by atoms with Crippen LogP contribution in [0.2, 0.25) is 74.5 Å². The molecule has 1 nitrogen and oxygen atoms in total. The first-order valence-electron chi connectivity index (χ1n) is 15.6. The second-order valence-electron chi connectivity index (χ2n) is 17.3. The van der Waals surface area contributed by atoms with E-state index in [-0.39, 0.29) is 10.1 Å². The summed E-state index contributed by atoms with van der Waals surface area (Å²) in [6.07, 6.45) is 11.9. The first-order valence-corrected chi connectivity index (χ1v) is 27.8. The van der Waals surface area contributed by atoms with Gasteiger partial charge in [0.2, 0.25) is 0 Å². The van der Waals surface area contributed by atoms with Crippen LogP contribution in [0.3, 0.4) is 0 Å². The van der Waals surface area contributed by atoms with Gasteiger partial charge in [-0.3, -0.25) is 0 Å². The summed E-state index contributed by atoms with van der Waals surface area (Å²) in [7, 11) is -6.63. The summed E-state index contributed by atoms with van der Waals surface area (Å²) in [4.78, 5) is 0. The van der Waals surface area contributed by atoms with E-state index in [2.05, 4.69) is 129 Å². The van der Waals surface area contributed by atoms with Crippen LogP contribution in [0.5, 0.6) is 0 Å². The Hall–Kier alpha value is -0.572. The average Bonchev–Trinajstić information content (AvgIpc) is 3.33. The summed E-state index contributed by atoms with van der Waals surface area (Å²) in [6, 6.07) is 2.55. The normalized spacial score (nSPS) is 23.5. The lowest BCUT2D eigenvalue weighted by Gasteiger charge is -2.52. The number of hydrogen-bond donors (Lipinski definition) is 0. The van der Waals surface area contributed by atoms with Crippen LogP contribution < -0.4 is 0 Å². The van der Waals surface area contributed by atoms with Crippen molar-refractivity contribution in [1.29, 1.82) is 0 Å². The molecule has 0 fully saturated rings. The van der Waals surface area contributed by atoms with Gasteiger partial charge in [0.05, 0.1) is 0 Å². The lowest BCUT2D eigenvalue weighted by atomic mass is 10.1. The molecule has 0 aromatic rings. The van der Waals surface area contributed by atoms with Crippen molar-refractivity contribution in [3.63, 3.8) is 0 Å². The van der Waals surface area contributed by atoms with Gasteiger partial charge in [-0.15, -0.1) is 22.9 Å². The van der Waals surface area contributed by atoms with Crippen molar-refractivity contribution < 1.29 is 4.12 Å². The summed E-state index contributed by atoms with van der Waals surface area (Å²) in [5, 5.41) is 0.441. The van der Waals surface area contributed by atoms with E-state index in [1.54, 1.807) is 11.1 Å². The zero-order chi connectivity index (χ0) is 29.9. The van der Waals surface area contributed by atoms with Crippen LogP contribution >= 0.6 is 0 Å². The van der Waals surface area contributed by atoms with E-state index < -0.39 is 32.8 Å². The lowest BCUT2D eigenvalue weighted by Crippen LogP contribution is -2.58. The molecule has 2 rings (SSSR count). The zero-order valence-corrected chi connectivity index (χ0v) is 32.4. The molecule has 0 aromatic carbocycles. The smallest absolute Gasteiger partial charge is 0.182 e. The third-order valence-electron chi connectivity index (χ3n) is 9.12. The van der Waals surface area contributed by atoms with Crippen LogP contribution in [0.15, 0.2) is 23.3 Å². The highest BCUT2D eigenvalue weighted by Gasteiger charge is 2.53. The average molecular weight is 599 g/mol. The first kappa shape index (κ1) is 34.6. The van der Waals surface area contributed by atoms with Crippen molar-refractivity contribution in [2.24, 2.45) is 11.8 Å². The molecule has 0 saturated carbocycles. The fraction of sp³-hybridized carbons (Fsp3) is 0.765. The third kappa shape index (κ3) is 11.0. The van der Waals surface area contributed by atoms with Gasteiger partial charge < -0.3 is 4.12 Å². The first-order chi connectivity index (χ1) is 17.5.